The second-order valence-electron chi connectivity index (χ2n) is 7.48. The van der Waals surface area contributed by atoms with Gasteiger partial charge in [0, 0.05) is 18.9 Å². The van der Waals surface area contributed by atoms with Gasteiger partial charge >= 0.3 is 5.97 Å². The molecule has 0 heterocycles. The molecule has 0 bridgehead atoms. The van der Waals surface area contributed by atoms with Crippen LogP contribution in [-0.4, -0.2) is 35.2 Å². The summed E-state index contributed by atoms with van der Waals surface area (Å²) in [5.74, 6) is -1.03. The van der Waals surface area contributed by atoms with E-state index in [1.807, 2.05) is 20.8 Å². The SMILES string of the molecule is CC(C)(C)OCCC(NC(=O)C1CC12CCCC2)C(=O)O. The smallest absolute Gasteiger partial charge is 0.326 e. The maximum atomic E-state index is 12.2. The summed E-state index contributed by atoms with van der Waals surface area (Å²) in [6.07, 6.45) is 5.88. The average molecular weight is 297 g/mol. The molecule has 2 saturated carbocycles. The molecule has 2 atom stereocenters. The van der Waals surface area contributed by atoms with Gasteiger partial charge in [0.1, 0.15) is 6.04 Å². The first kappa shape index (κ1) is 16.3. The number of carbonyl (C=O) groups excluding carboxylic acids is 1. The normalized spacial score (nSPS) is 24.8. The molecule has 5 heteroatoms. The molecule has 0 saturated heterocycles. The molecule has 2 N–H and O–H groups in total. The van der Waals surface area contributed by atoms with Crippen LogP contribution in [0.4, 0.5) is 0 Å². The van der Waals surface area contributed by atoms with E-state index in [-0.39, 0.29) is 22.8 Å². The Morgan fingerprint density at radius 2 is 1.95 bits per heavy atom. The highest BCUT2D eigenvalue weighted by Crippen LogP contribution is 2.62. The molecule has 0 radical (unpaired) electrons. The number of carboxylic acid groups (broad SMARTS) is 1. The fraction of sp³-hybridized carbons (Fsp3) is 0.875. The number of hydrogen-bond donors (Lipinski definition) is 2. The van der Waals surface area contributed by atoms with Gasteiger partial charge in [-0.3, -0.25) is 4.79 Å². The maximum Gasteiger partial charge on any atom is 0.326 e. The maximum absolute atomic E-state index is 12.2. The van der Waals surface area contributed by atoms with Crippen LogP contribution in [0.2, 0.25) is 0 Å². The third-order valence-corrected chi connectivity index (χ3v) is 4.66. The van der Waals surface area contributed by atoms with Gasteiger partial charge in [-0.15, -0.1) is 0 Å². The van der Waals surface area contributed by atoms with Gasteiger partial charge < -0.3 is 15.2 Å². The third-order valence-electron chi connectivity index (χ3n) is 4.66. The lowest BCUT2D eigenvalue weighted by Crippen LogP contribution is -2.43. The van der Waals surface area contributed by atoms with Gasteiger partial charge in [0.15, 0.2) is 0 Å². The van der Waals surface area contributed by atoms with E-state index in [1.54, 1.807) is 0 Å². The van der Waals surface area contributed by atoms with Crippen molar-refractivity contribution >= 4 is 11.9 Å². The van der Waals surface area contributed by atoms with Gasteiger partial charge in [0.05, 0.1) is 5.60 Å². The van der Waals surface area contributed by atoms with Gasteiger partial charge in [-0.25, -0.2) is 4.79 Å². The van der Waals surface area contributed by atoms with Gasteiger partial charge in [-0.2, -0.15) is 0 Å². The highest BCUT2D eigenvalue weighted by Gasteiger charge is 2.58. The highest BCUT2D eigenvalue weighted by molar-refractivity contribution is 5.87. The standard InChI is InChI=1S/C16H27NO4/c1-15(2,3)21-9-6-12(14(19)20)17-13(18)11-10-16(11)7-4-5-8-16/h11-12H,4-10H2,1-3H3,(H,17,18)(H,19,20). The van der Waals surface area contributed by atoms with E-state index < -0.39 is 12.0 Å². The largest absolute Gasteiger partial charge is 0.480 e. The minimum Gasteiger partial charge on any atom is -0.480 e. The van der Waals surface area contributed by atoms with Gasteiger partial charge in [0.2, 0.25) is 5.91 Å². The number of nitrogens with one attached hydrogen (secondary N) is 1. The van der Waals surface area contributed by atoms with Crippen molar-refractivity contribution in [1.29, 1.82) is 0 Å². The molecule has 21 heavy (non-hydrogen) atoms. The van der Waals surface area contributed by atoms with E-state index in [9.17, 15) is 14.7 Å². The Morgan fingerprint density at radius 3 is 2.48 bits per heavy atom. The van der Waals surface area contributed by atoms with Crippen molar-refractivity contribution in [3.63, 3.8) is 0 Å². The van der Waals surface area contributed by atoms with E-state index in [1.165, 1.54) is 12.8 Å². The van der Waals surface area contributed by atoms with Crippen LogP contribution in [0.25, 0.3) is 0 Å². The van der Waals surface area contributed by atoms with E-state index in [0.717, 1.165) is 19.3 Å². The molecule has 2 aliphatic carbocycles. The van der Waals surface area contributed by atoms with Crippen LogP contribution in [0.3, 0.4) is 0 Å². The predicted molar refractivity (Wildman–Crippen MR) is 78.9 cm³/mol. The average Bonchev–Trinajstić information content (AvgIpc) is 2.84. The summed E-state index contributed by atoms with van der Waals surface area (Å²) in [6.45, 7) is 6.11. The van der Waals surface area contributed by atoms with Crippen LogP contribution in [0, 0.1) is 11.3 Å². The van der Waals surface area contributed by atoms with Crippen LogP contribution in [0.15, 0.2) is 0 Å². The molecule has 0 aromatic carbocycles. The first-order valence-electron chi connectivity index (χ1n) is 7.91. The molecular formula is C16H27NO4. The Kier molecular flexibility index (Phi) is 4.61. The van der Waals surface area contributed by atoms with Gasteiger partial charge in [-0.05, 0) is 45.4 Å². The molecule has 2 aliphatic rings. The van der Waals surface area contributed by atoms with Gasteiger partial charge in [-0.1, -0.05) is 12.8 Å². The monoisotopic (exact) mass is 297 g/mol. The van der Waals surface area contributed by atoms with E-state index >= 15 is 0 Å². The zero-order valence-corrected chi connectivity index (χ0v) is 13.3. The number of rotatable bonds is 6. The fourth-order valence-corrected chi connectivity index (χ4v) is 3.36. The first-order chi connectivity index (χ1) is 9.73. The lowest BCUT2D eigenvalue weighted by Gasteiger charge is -2.21. The number of aliphatic carboxylic acids is 1. The Bertz CT molecular complexity index is 407. The van der Waals surface area contributed by atoms with Crippen molar-refractivity contribution in [3.05, 3.63) is 0 Å². The molecule has 0 aliphatic heterocycles. The summed E-state index contributed by atoms with van der Waals surface area (Å²) in [5.41, 5.74) is -0.0908. The second kappa shape index (κ2) is 5.95. The lowest BCUT2D eigenvalue weighted by atomic mass is 10.0. The summed E-state index contributed by atoms with van der Waals surface area (Å²) >= 11 is 0. The topological polar surface area (TPSA) is 75.6 Å². The van der Waals surface area contributed by atoms with Gasteiger partial charge in [0.25, 0.3) is 0 Å². The van der Waals surface area contributed by atoms with E-state index in [0.29, 0.717) is 13.0 Å². The molecule has 0 aromatic heterocycles. The van der Waals surface area contributed by atoms with Crippen molar-refractivity contribution in [3.8, 4) is 0 Å². The number of ether oxygens (including phenoxy) is 1. The third kappa shape index (κ3) is 4.19. The zero-order valence-electron chi connectivity index (χ0n) is 13.3. The molecule has 2 rings (SSSR count). The fourth-order valence-electron chi connectivity index (χ4n) is 3.36. The van der Waals surface area contributed by atoms with Crippen LogP contribution in [0.1, 0.15) is 59.3 Å². The molecule has 2 fully saturated rings. The summed E-state index contributed by atoms with van der Waals surface area (Å²) in [4.78, 5) is 23.5. The first-order valence-corrected chi connectivity index (χ1v) is 7.91. The predicted octanol–water partition coefficient (Wildman–Crippen LogP) is 2.34. The number of hydrogen-bond acceptors (Lipinski definition) is 3. The second-order valence-corrected chi connectivity index (χ2v) is 7.48. The Balaban J connectivity index is 1.80. The summed E-state index contributed by atoms with van der Waals surface area (Å²) in [5, 5.41) is 11.9. The van der Waals surface area contributed by atoms with E-state index in [4.69, 9.17) is 4.74 Å². The van der Waals surface area contributed by atoms with Crippen molar-refractivity contribution < 1.29 is 19.4 Å². The Morgan fingerprint density at radius 1 is 1.33 bits per heavy atom. The molecule has 1 amide bonds. The summed E-state index contributed by atoms with van der Waals surface area (Å²) in [7, 11) is 0. The van der Waals surface area contributed by atoms with Crippen LogP contribution in [-0.2, 0) is 14.3 Å². The minimum atomic E-state index is -0.984. The molecule has 0 aromatic rings. The Labute approximate surface area is 126 Å². The minimum absolute atomic E-state index is 0.0328. The van der Waals surface area contributed by atoms with E-state index in [2.05, 4.69) is 5.32 Å². The van der Waals surface area contributed by atoms with Crippen LogP contribution >= 0.6 is 0 Å². The number of carboxylic acids is 1. The molecule has 120 valence electrons. The quantitative estimate of drug-likeness (QED) is 0.789. The van der Waals surface area contributed by atoms with Crippen LogP contribution in [0.5, 0.6) is 0 Å². The van der Waals surface area contributed by atoms with Crippen molar-refractivity contribution in [2.24, 2.45) is 11.3 Å². The number of carbonyl (C=O) groups is 2. The van der Waals surface area contributed by atoms with Crippen molar-refractivity contribution in [1.82, 2.24) is 5.32 Å². The lowest BCUT2D eigenvalue weighted by molar-refractivity contribution is -0.143. The molecule has 5 nitrogen and oxygen atoms in total. The Hall–Kier alpha value is -1.10. The zero-order chi connectivity index (χ0) is 15.7. The van der Waals surface area contributed by atoms with Crippen molar-refractivity contribution in [2.45, 2.75) is 70.9 Å². The summed E-state index contributed by atoms with van der Waals surface area (Å²) in [6, 6.07) is -0.848. The highest BCUT2D eigenvalue weighted by atomic mass is 16.5. The van der Waals surface area contributed by atoms with Crippen molar-refractivity contribution in [2.75, 3.05) is 6.61 Å². The molecular weight excluding hydrogens is 270 g/mol. The summed E-state index contributed by atoms with van der Waals surface area (Å²) < 4.78 is 5.55. The molecule has 1 spiro atoms. The van der Waals surface area contributed by atoms with Crippen LogP contribution < -0.4 is 5.32 Å². The number of amides is 1. The molecule has 2 unspecified atom stereocenters.